The number of aliphatic hydroxyl groups excluding tert-OH is 1. The summed E-state index contributed by atoms with van der Waals surface area (Å²) in [6, 6.07) is 11.7. The Labute approximate surface area is 176 Å². The third-order valence-corrected chi connectivity index (χ3v) is 5.77. The van der Waals surface area contributed by atoms with E-state index in [4.69, 9.17) is 4.98 Å². The van der Waals surface area contributed by atoms with Gasteiger partial charge < -0.3 is 26.2 Å². The Kier molecular flexibility index (Phi) is 5.90. The Balaban J connectivity index is 1.67. The Morgan fingerprint density at radius 1 is 1.30 bits per heavy atom. The Morgan fingerprint density at radius 2 is 2.10 bits per heavy atom. The molecule has 2 atom stereocenters. The molecule has 1 aliphatic heterocycles. The SMILES string of the molecule is CC(C)c1cnn2c(NCc3ccccc3)cc(N[C@H]3CNCC[C@@]3(O)CO)nc12. The molecule has 1 aromatic carbocycles. The summed E-state index contributed by atoms with van der Waals surface area (Å²) in [5.74, 6) is 1.73. The fourth-order valence-electron chi connectivity index (χ4n) is 3.84. The van der Waals surface area contributed by atoms with Crippen LogP contribution in [0.4, 0.5) is 11.6 Å². The van der Waals surface area contributed by atoms with Crippen LogP contribution in [0, 0.1) is 0 Å². The summed E-state index contributed by atoms with van der Waals surface area (Å²) in [6.07, 6.45) is 2.34. The average molecular weight is 411 g/mol. The monoisotopic (exact) mass is 410 g/mol. The molecule has 5 N–H and O–H groups in total. The quantitative estimate of drug-likeness (QED) is 0.405. The lowest BCUT2D eigenvalue weighted by atomic mass is 9.88. The Bertz CT molecular complexity index is 990. The van der Waals surface area contributed by atoms with E-state index >= 15 is 0 Å². The summed E-state index contributed by atoms with van der Waals surface area (Å²) < 4.78 is 1.82. The number of fused-ring (bicyclic) bond motifs is 1. The van der Waals surface area contributed by atoms with E-state index in [0.717, 1.165) is 17.0 Å². The third-order valence-electron chi connectivity index (χ3n) is 5.77. The van der Waals surface area contributed by atoms with E-state index in [1.807, 2.05) is 35.0 Å². The lowest BCUT2D eigenvalue weighted by molar-refractivity contribution is -0.0458. The van der Waals surface area contributed by atoms with Gasteiger partial charge >= 0.3 is 0 Å². The van der Waals surface area contributed by atoms with E-state index in [9.17, 15) is 10.2 Å². The van der Waals surface area contributed by atoms with Gasteiger partial charge in [-0.3, -0.25) is 0 Å². The molecule has 30 heavy (non-hydrogen) atoms. The van der Waals surface area contributed by atoms with Gasteiger partial charge in [-0.15, -0.1) is 0 Å². The van der Waals surface area contributed by atoms with E-state index in [1.54, 1.807) is 0 Å². The minimum Gasteiger partial charge on any atom is -0.393 e. The maximum atomic E-state index is 10.8. The molecule has 0 amide bonds. The number of nitrogens with zero attached hydrogens (tertiary/aromatic N) is 3. The van der Waals surface area contributed by atoms with Crippen molar-refractivity contribution in [3.63, 3.8) is 0 Å². The van der Waals surface area contributed by atoms with Crippen molar-refractivity contribution in [1.82, 2.24) is 19.9 Å². The van der Waals surface area contributed by atoms with E-state index in [0.29, 0.717) is 31.9 Å². The van der Waals surface area contributed by atoms with E-state index < -0.39 is 5.60 Å². The summed E-state index contributed by atoms with van der Waals surface area (Å²) in [6.45, 7) is 5.81. The summed E-state index contributed by atoms with van der Waals surface area (Å²) in [5, 5.41) is 35.2. The van der Waals surface area contributed by atoms with Crippen LogP contribution in [-0.4, -0.2) is 56.2 Å². The van der Waals surface area contributed by atoms with E-state index in [1.165, 1.54) is 5.56 Å². The third kappa shape index (κ3) is 4.12. The van der Waals surface area contributed by atoms with Crippen LogP contribution >= 0.6 is 0 Å². The topological polar surface area (TPSA) is 107 Å². The van der Waals surface area contributed by atoms with Gasteiger partial charge in [0, 0.05) is 24.7 Å². The second-order valence-electron chi connectivity index (χ2n) is 8.27. The molecule has 4 rings (SSSR count). The first-order valence-corrected chi connectivity index (χ1v) is 10.5. The highest BCUT2D eigenvalue weighted by Gasteiger charge is 2.38. The number of nitrogens with one attached hydrogen (secondary N) is 3. The Hall–Kier alpha value is -2.68. The highest BCUT2D eigenvalue weighted by atomic mass is 16.3. The highest BCUT2D eigenvalue weighted by Crippen LogP contribution is 2.27. The molecule has 8 nitrogen and oxygen atoms in total. The standard InChI is InChI=1S/C22H30N6O2/c1-15(2)17-12-25-28-20(24-11-16-6-4-3-5-7-16)10-19(27-21(17)28)26-18-13-23-9-8-22(18,30)14-29/h3-7,10,12,15,18,23-24,29-30H,8-9,11,13-14H2,1-2H3,(H,26,27)/t18-,22+/m0/s1. The van der Waals surface area contributed by atoms with Crippen molar-refractivity contribution in [3.05, 3.63) is 53.7 Å². The minimum absolute atomic E-state index is 0.276. The number of aliphatic hydroxyl groups is 2. The zero-order valence-electron chi connectivity index (χ0n) is 17.5. The van der Waals surface area contributed by atoms with Crippen molar-refractivity contribution >= 4 is 17.3 Å². The highest BCUT2D eigenvalue weighted by molar-refractivity contribution is 5.61. The summed E-state index contributed by atoms with van der Waals surface area (Å²) >= 11 is 0. The van der Waals surface area contributed by atoms with Gasteiger partial charge in [0.15, 0.2) is 5.65 Å². The van der Waals surface area contributed by atoms with Crippen molar-refractivity contribution < 1.29 is 10.2 Å². The van der Waals surface area contributed by atoms with Crippen LogP contribution in [-0.2, 0) is 6.54 Å². The van der Waals surface area contributed by atoms with Crippen LogP contribution in [0.3, 0.4) is 0 Å². The molecule has 8 heteroatoms. The van der Waals surface area contributed by atoms with Gasteiger partial charge in [-0.1, -0.05) is 44.2 Å². The van der Waals surface area contributed by atoms with Gasteiger partial charge in [0.1, 0.15) is 17.2 Å². The second-order valence-corrected chi connectivity index (χ2v) is 8.27. The summed E-state index contributed by atoms with van der Waals surface area (Å²) in [4.78, 5) is 4.79. The van der Waals surface area contributed by atoms with Crippen molar-refractivity contribution in [2.75, 3.05) is 30.3 Å². The van der Waals surface area contributed by atoms with Gasteiger partial charge in [0.25, 0.3) is 0 Å². The van der Waals surface area contributed by atoms with Crippen LogP contribution in [0.1, 0.15) is 37.3 Å². The molecule has 0 bridgehead atoms. The summed E-state index contributed by atoms with van der Waals surface area (Å²) in [7, 11) is 0. The molecule has 0 aliphatic carbocycles. The normalized spacial score (nSPS) is 21.8. The molecular formula is C22H30N6O2. The van der Waals surface area contributed by atoms with Crippen LogP contribution < -0.4 is 16.0 Å². The maximum absolute atomic E-state index is 10.8. The first-order valence-electron chi connectivity index (χ1n) is 10.5. The van der Waals surface area contributed by atoms with Gasteiger partial charge in [-0.05, 0) is 24.4 Å². The van der Waals surface area contributed by atoms with Crippen LogP contribution in [0.15, 0.2) is 42.6 Å². The largest absolute Gasteiger partial charge is 0.393 e. The molecule has 1 aliphatic rings. The number of benzene rings is 1. The molecular weight excluding hydrogens is 380 g/mol. The number of anilines is 2. The number of hydrogen-bond donors (Lipinski definition) is 5. The van der Waals surface area contributed by atoms with Gasteiger partial charge in [-0.25, -0.2) is 4.98 Å². The Morgan fingerprint density at radius 3 is 2.83 bits per heavy atom. The molecule has 1 saturated heterocycles. The molecule has 0 radical (unpaired) electrons. The van der Waals surface area contributed by atoms with E-state index in [2.05, 4.69) is 47.0 Å². The molecule has 2 aromatic heterocycles. The van der Waals surface area contributed by atoms with Gasteiger partial charge in [-0.2, -0.15) is 9.61 Å². The first-order chi connectivity index (χ1) is 14.5. The van der Waals surface area contributed by atoms with Crippen molar-refractivity contribution in [2.24, 2.45) is 0 Å². The van der Waals surface area contributed by atoms with Crippen molar-refractivity contribution in [3.8, 4) is 0 Å². The summed E-state index contributed by atoms with van der Waals surface area (Å²) in [5.41, 5.74) is 1.82. The molecule has 0 spiro atoms. The van der Waals surface area contributed by atoms with Gasteiger partial charge in [0.2, 0.25) is 0 Å². The molecule has 3 aromatic rings. The average Bonchev–Trinajstić information content (AvgIpc) is 3.19. The fraction of sp³-hybridized carbons (Fsp3) is 0.455. The maximum Gasteiger partial charge on any atom is 0.163 e. The molecule has 1 fully saturated rings. The molecule has 0 unspecified atom stereocenters. The smallest absolute Gasteiger partial charge is 0.163 e. The fourth-order valence-corrected chi connectivity index (χ4v) is 3.84. The number of aromatic nitrogens is 3. The van der Waals surface area contributed by atoms with Crippen LogP contribution in [0.5, 0.6) is 0 Å². The van der Waals surface area contributed by atoms with Crippen LogP contribution in [0.2, 0.25) is 0 Å². The minimum atomic E-state index is -1.18. The lowest BCUT2D eigenvalue weighted by Crippen LogP contribution is -2.59. The van der Waals surface area contributed by atoms with Crippen LogP contribution in [0.25, 0.3) is 5.65 Å². The van der Waals surface area contributed by atoms with Crippen molar-refractivity contribution in [2.45, 2.75) is 44.4 Å². The number of hydrogen-bond acceptors (Lipinski definition) is 7. The zero-order valence-corrected chi connectivity index (χ0v) is 17.5. The first kappa shape index (κ1) is 20.6. The zero-order chi connectivity index (χ0) is 21.1. The van der Waals surface area contributed by atoms with Crippen molar-refractivity contribution in [1.29, 1.82) is 0 Å². The molecule has 160 valence electrons. The number of rotatable bonds is 7. The van der Waals surface area contributed by atoms with E-state index in [-0.39, 0.29) is 18.6 Å². The second kappa shape index (κ2) is 8.59. The molecule has 0 saturated carbocycles. The predicted molar refractivity (Wildman–Crippen MR) is 118 cm³/mol. The number of piperidine rings is 1. The lowest BCUT2D eigenvalue weighted by Gasteiger charge is -2.39. The molecule has 3 heterocycles. The predicted octanol–water partition coefficient (Wildman–Crippen LogP) is 1.96. The van der Waals surface area contributed by atoms with Gasteiger partial charge in [0.05, 0.1) is 18.8 Å².